The van der Waals surface area contributed by atoms with Crippen LogP contribution in [0.1, 0.15) is 61.4 Å². The molecule has 0 unspecified atom stereocenters. The third-order valence-corrected chi connectivity index (χ3v) is 6.55. The van der Waals surface area contributed by atoms with Crippen LogP contribution >= 0.6 is 0 Å². The average molecular weight is 326 g/mol. The van der Waals surface area contributed by atoms with Crippen molar-refractivity contribution < 1.29 is 4.79 Å². The van der Waals surface area contributed by atoms with Gasteiger partial charge in [0.15, 0.2) is 0 Å². The monoisotopic (exact) mass is 326 g/mol. The largest absolute Gasteiger partial charge is 0.349 e. The van der Waals surface area contributed by atoms with Crippen molar-refractivity contribution in [3.05, 3.63) is 35.4 Å². The first-order valence-electron chi connectivity index (χ1n) is 9.79. The van der Waals surface area contributed by atoms with Crippen LogP contribution in [0.15, 0.2) is 24.3 Å². The lowest BCUT2D eigenvalue weighted by Crippen LogP contribution is -2.38. The molecule has 1 aliphatic heterocycles. The van der Waals surface area contributed by atoms with E-state index in [9.17, 15) is 4.79 Å². The molecule has 3 aliphatic rings. The Hall–Kier alpha value is -1.35. The highest BCUT2D eigenvalue weighted by molar-refractivity contribution is 5.94. The maximum atomic E-state index is 12.5. The Morgan fingerprint density at radius 2 is 1.83 bits per heavy atom. The summed E-state index contributed by atoms with van der Waals surface area (Å²) >= 11 is 0. The fourth-order valence-electron chi connectivity index (χ4n) is 4.91. The number of hydrogen-bond acceptors (Lipinski definition) is 2. The Labute approximate surface area is 145 Å². The van der Waals surface area contributed by atoms with Crippen molar-refractivity contribution in [2.45, 2.75) is 58.0 Å². The van der Waals surface area contributed by atoms with Crippen molar-refractivity contribution in [2.24, 2.45) is 17.8 Å². The fourth-order valence-corrected chi connectivity index (χ4v) is 4.91. The second-order valence-electron chi connectivity index (χ2n) is 8.41. The average Bonchev–Trinajstić information content (AvgIpc) is 3.20. The van der Waals surface area contributed by atoms with E-state index in [0.29, 0.717) is 6.04 Å². The first-order chi connectivity index (χ1) is 11.7. The maximum Gasteiger partial charge on any atom is 0.251 e. The lowest BCUT2D eigenvalue weighted by molar-refractivity contribution is 0.0923. The van der Waals surface area contributed by atoms with Gasteiger partial charge in [-0.05, 0) is 80.6 Å². The molecule has 1 N–H and O–H groups in total. The number of piperidine rings is 1. The Kier molecular flexibility index (Phi) is 4.62. The number of nitrogens with zero attached hydrogens (tertiary/aromatic N) is 1. The Balaban J connectivity index is 1.31. The van der Waals surface area contributed by atoms with Crippen LogP contribution in [-0.2, 0) is 6.54 Å². The molecule has 1 amide bonds. The minimum atomic E-state index is 0.117. The van der Waals surface area contributed by atoms with Crippen molar-refractivity contribution in [3.8, 4) is 0 Å². The summed E-state index contributed by atoms with van der Waals surface area (Å²) in [6.45, 7) is 5.77. The summed E-state index contributed by atoms with van der Waals surface area (Å²) in [4.78, 5) is 15.0. The third kappa shape index (κ3) is 3.51. The van der Waals surface area contributed by atoms with Gasteiger partial charge in [-0.1, -0.05) is 25.5 Å². The number of likely N-dealkylation sites (tertiary alicyclic amines) is 1. The predicted octanol–water partition coefficient (Wildman–Crippen LogP) is 3.84. The molecular weight excluding hydrogens is 296 g/mol. The van der Waals surface area contributed by atoms with E-state index < -0.39 is 0 Å². The first-order valence-corrected chi connectivity index (χ1v) is 9.79. The van der Waals surface area contributed by atoms with Gasteiger partial charge in [-0.3, -0.25) is 9.69 Å². The number of rotatable bonds is 4. The van der Waals surface area contributed by atoms with E-state index in [1.807, 2.05) is 12.1 Å². The van der Waals surface area contributed by atoms with E-state index in [4.69, 9.17) is 0 Å². The molecule has 130 valence electrons. The SMILES string of the molecule is CC1CCN(Cc2ccc(C(=O)N[C@@H]3C[C@H]4CC[C@@H]3C4)cc2)CC1. The molecule has 24 heavy (non-hydrogen) atoms. The summed E-state index contributed by atoms with van der Waals surface area (Å²) in [5, 5.41) is 3.28. The van der Waals surface area contributed by atoms with Gasteiger partial charge in [-0.15, -0.1) is 0 Å². The normalized spacial score (nSPS) is 30.6. The molecule has 2 saturated carbocycles. The molecule has 1 aromatic carbocycles. The first kappa shape index (κ1) is 16.1. The Morgan fingerprint density at radius 1 is 1.08 bits per heavy atom. The van der Waals surface area contributed by atoms with Gasteiger partial charge in [0.25, 0.3) is 5.91 Å². The van der Waals surface area contributed by atoms with Gasteiger partial charge in [-0.2, -0.15) is 0 Å². The van der Waals surface area contributed by atoms with Crippen LogP contribution in [0, 0.1) is 17.8 Å². The minimum Gasteiger partial charge on any atom is -0.349 e. The zero-order chi connectivity index (χ0) is 16.5. The second-order valence-corrected chi connectivity index (χ2v) is 8.41. The van der Waals surface area contributed by atoms with Crippen LogP contribution in [0.4, 0.5) is 0 Å². The molecule has 2 bridgehead atoms. The highest BCUT2D eigenvalue weighted by Crippen LogP contribution is 2.44. The van der Waals surface area contributed by atoms with Crippen molar-refractivity contribution in [1.29, 1.82) is 0 Å². The molecule has 1 heterocycles. The molecule has 0 aromatic heterocycles. The number of carbonyl (C=O) groups is 1. The van der Waals surface area contributed by atoms with Gasteiger partial charge < -0.3 is 5.32 Å². The topological polar surface area (TPSA) is 32.3 Å². The van der Waals surface area contributed by atoms with Crippen molar-refractivity contribution in [3.63, 3.8) is 0 Å². The van der Waals surface area contributed by atoms with Crippen LogP contribution in [0.3, 0.4) is 0 Å². The third-order valence-electron chi connectivity index (χ3n) is 6.55. The van der Waals surface area contributed by atoms with E-state index in [-0.39, 0.29) is 5.91 Å². The highest BCUT2D eigenvalue weighted by Gasteiger charge is 2.40. The van der Waals surface area contributed by atoms with Crippen LogP contribution in [0.5, 0.6) is 0 Å². The number of fused-ring (bicyclic) bond motifs is 2. The molecule has 1 saturated heterocycles. The Bertz CT molecular complexity index is 574. The van der Waals surface area contributed by atoms with Crippen LogP contribution in [-0.4, -0.2) is 29.9 Å². The number of hydrogen-bond donors (Lipinski definition) is 1. The molecule has 3 fully saturated rings. The zero-order valence-electron chi connectivity index (χ0n) is 14.8. The van der Waals surface area contributed by atoms with E-state index >= 15 is 0 Å². The van der Waals surface area contributed by atoms with Crippen molar-refractivity contribution in [2.75, 3.05) is 13.1 Å². The highest BCUT2D eigenvalue weighted by atomic mass is 16.1. The van der Waals surface area contributed by atoms with Gasteiger partial charge in [0, 0.05) is 18.2 Å². The quantitative estimate of drug-likeness (QED) is 0.912. The molecule has 3 nitrogen and oxygen atoms in total. The molecule has 3 atom stereocenters. The molecule has 0 radical (unpaired) electrons. The second kappa shape index (κ2) is 6.87. The van der Waals surface area contributed by atoms with Gasteiger partial charge in [-0.25, -0.2) is 0 Å². The zero-order valence-corrected chi connectivity index (χ0v) is 14.8. The van der Waals surface area contributed by atoms with E-state index in [1.165, 1.54) is 57.2 Å². The molecule has 3 heteroatoms. The molecular formula is C21H30N2O. The molecule has 4 rings (SSSR count). The molecule has 2 aliphatic carbocycles. The van der Waals surface area contributed by atoms with Crippen molar-refractivity contribution in [1.82, 2.24) is 10.2 Å². The van der Waals surface area contributed by atoms with E-state index in [1.54, 1.807) is 0 Å². The standard InChI is InChI=1S/C21H30N2O/c1-15-8-10-23(11-9-15)14-16-2-5-18(6-3-16)21(24)22-20-13-17-4-7-19(20)12-17/h2-3,5-6,15,17,19-20H,4,7-14H2,1H3,(H,22,24)/t17-,19+,20+/m0/s1. The lowest BCUT2D eigenvalue weighted by atomic mass is 9.95. The van der Waals surface area contributed by atoms with Gasteiger partial charge in [0.1, 0.15) is 0 Å². The summed E-state index contributed by atoms with van der Waals surface area (Å²) in [6.07, 6.45) is 7.83. The lowest BCUT2D eigenvalue weighted by Gasteiger charge is -2.30. The number of nitrogens with one attached hydrogen (secondary N) is 1. The van der Waals surface area contributed by atoms with E-state index in [0.717, 1.165) is 29.9 Å². The van der Waals surface area contributed by atoms with Crippen LogP contribution in [0.25, 0.3) is 0 Å². The van der Waals surface area contributed by atoms with E-state index in [2.05, 4.69) is 29.3 Å². The summed E-state index contributed by atoms with van der Waals surface area (Å²) in [5.74, 6) is 2.60. The minimum absolute atomic E-state index is 0.117. The molecule has 0 spiro atoms. The maximum absolute atomic E-state index is 12.5. The Morgan fingerprint density at radius 3 is 2.46 bits per heavy atom. The molecule has 1 aromatic rings. The summed E-state index contributed by atoms with van der Waals surface area (Å²) < 4.78 is 0. The van der Waals surface area contributed by atoms with Crippen molar-refractivity contribution >= 4 is 5.91 Å². The predicted molar refractivity (Wildman–Crippen MR) is 96.8 cm³/mol. The summed E-state index contributed by atoms with van der Waals surface area (Å²) in [5.41, 5.74) is 2.13. The number of carbonyl (C=O) groups excluding carboxylic acids is 1. The van der Waals surface area contributed by atoms with Crippen LogP contribution < -0.4 is 5.32 Å². The van der Waals surface area contributed by atoms with Gasteiger partial charge in [0.05, 0.1) is 0 Å². The number of amides is 1. The van der Waals surface area contributed by atoms with Crippen LogP contribution in [0.2, 0.25) is 0 Å². The van der Waals surface area contributed by atoms with Gasteiger partial charge in [0.2, 0.25) is 0 Å². The summed E-state index contributed by atoms with van der Waals surface area (Å²) in [6, 6.07) is 8.70. The van der Waals surface area contributed by atoms with Gasteiger partial charge >= 0.3 is 0 Å². The fraction of sp³-hybridized carbons (Fsp3) is 0.667. The number of benzene rings is 1. The summed E-state index contributed by atoms with van der Waals surface area (Å²) in [7, 11) is 0. The smallest absolute Gasteiger partial charge is 0.251 e.